The smallest absolute Gasteiger partial charge is 0.121 e. The number of hydrogen-bond acceptors (Lipinski definition) is 4. The summed E-state index contributed by atoms with van der Waals surface area (Å²) in [5.41, 5.74) is 2.33. The van der Waals surface area contributed by atoms with Crippen molar-refractivity contribution >= 4 is 21.8 Å². The first kappa shape index (κ1) is 16.6. The molecule has 3 aromatic rings. The van der Waals surface area contributed by atoms with Gasteiger partial charge in [-0.3, -0.25) is 0 Å². The van der Waals surface area contributed by atoms with Crippen molar-refractivity contribution in [2.45, 2.75) is 0 Å². The van der Waals surface area contributed by atoms with Gasteiger partial charge >= 0.3 is 0 Å². The maximum atomic E-state index is 5.79. The van der Waals surface area contributed by atoms with Crippen molar-refractivity contribution in [3.05, 3.63) is 36.4 Å². The Kier molecular flexibility index (Phi) is 5.23. The first-order valence-corrected chi connectivity index (χ1v) is 8.31. The number of ether oxygens (including phenoxy) is 2. The van der Waals surface area contributed by atoms with Crippen molar-refractivity contribution < 1.29 is 9.47 Å². The van der Waals surface area contributed by atoms with E-state index in [4.69, 9.17) is 9.47 Å². The summed E-state index contributed by atoms with van der Waals surface area (Å²) in [6.07, 6.45) is 0. The van der Waals surface area contributed by atoms with Crippen LogP contribution in [0.15, 0.2) is 36.4 Å². The molecule has 2 N–H and O–H groups in total. The lowest BCUT2D eigenvalue weighted by atomic mass is 10.1. The monoisotopic (exact) mass is 327 g/mol. The number of fused-ring (bicyclic) bond motifs is 3. The van der Waals surface area contributed by atoms with Gasteiger partial charge in [-0.1, -0.05) is 0 Å². The number of aryl methyl sites for hydroxylation is 1. The van der Waals surface area contributed by atoms with Crippen molar-refractivity contribution in [3.8, 4) is 11.5 Å². The Balaban J connectivity index is 1.93. The third-order valence-corrected chi connectivity index (χ3v) is 4.19. The molecule has 24 heavy (non-hydrogen) atoms. The van der Waals surface area contributed by atoms with Crippen LogP contribution in [-0.4, -0.2) is 45.0 Å². The van der Waals surface area contributed by atoms with Gasteiger partial charge in [0.1, 0.15) is 24.7 Å². The van der Waals surface area contributed by atoms with Crippen LogP contribution in [0.1, 0.15) is 0 Å². The Labute approximate surface area is 142 Å². The van der Waals surface area contributed by atoms with E-state index in [2.05, 4.69) is 46.5 Å². The van der Waals surface area contributed by atoms with Crippen molar-refractivity contribution in [1.82, 2.24) is 15.2 Å². The van der Waals surface area contributed by atoms with Crippen molar-refractivity contribution in [2.75, 3.05) is 40.4 Å². The fraction of sp³-hybridized carbons (Fsp3) is 0.368. The lowest BCUT2D eigenvalue weighted by Gasteiger charge is -2.07. The van der Waals surface area contributed by atoms with E-state index in [0.29, 0.717) is 13.2 Å². The molecule has 0 aliphatic rings. The summed E-state index contributed by atoms with van der Waals surface area (Å²) in [6, 6.07) is 12.5. The number of nitrogens with one attached hydrogen (secondary N) is 2. The molecular weight excluding hydrogens is 302 g/mol. The maximum Gasteiger partial charge on any atom is 0.121 e. The molecule has 0 aliphatic carbocycles. The molecule has 0 spiro atoms. The summed E-state index contributed by atoms with van der Waals surface area (Å²) >= 11 is 0. The van der Waals surface area contributed by atoms with Gasteiger partial charge in [0.15, 0.2) is 0 Å². The van der Waals surface area contributed by atoms with Crippen LogP contribution in [0.3, 0.4) is 0 Å². The Hall–Kier alpha value is -2.24. The third-order valence-electron chi connectivity index (χ3n) is 4.19. The van der Waals surface area contributed by atoms with Crippen LogP contribution in [0, 0.1) is 0 Å². The maximum absolute atomic E-state index is 5.79. The zero-order valence-electron chi connectivity index (χ0n) is 14.6. The molecule has 0 unspecified atom stereocenters. The highest BCUT2D eigenvalue weighted by Crippen LogP contribution is 2.32. The molecule has 1 aromatic heterocycles. The highest BCUT2D eigenvalue weighted by Gasteiger charge is 2.10. The van der Waals surface area contributed by atoms with Gasteiger partial charge in [-0.05, 0) is 38.4 Å². The summed E-state index contributed by atoms with van der Waals surface area (Å²) in [4.78, 5) is 0. The average Bonchev–Trinajstić information content (AvgIpc) is 2.88. The third kappa shape index (κ3) is 3.32. The normalized spacial score (nSPS) is 11.3. The van der Waals surface area contributed by atoms with E-state index in [0.717, 1.165) is 24.6 Å². The molecule has 128 valence electrons. The van der Waals surface area contributed by atoms with Crippen LogP contribution >= 0.6 is 0 Å². The van der Waals surface area contributed by atoms with Crippen LogP contribution in [0.25, 0.3) is 21.8 Å². The molecule has 0 fully saturated rings. The molecule has 3 rings (SSSR count). The van der Waals surface area contributed by atoms with E-state index in [1.165, 1.54) is 21.8 Å². The van der Waals surface area contributed by atoms with Gasteiger partial charge in [0, 0.05) is 43.0 Å². The summed E-state index contributed by atoms with van der Waals surface area (Å²) in [5, 5.41) is 8.64. The van der Waals surface area contributed by atoms with Gasteiger partial charge in [0.2, 0.25) is 0 Å². The minimum atomic E-state index is 0.662. The van der Waals surface area contributed by atoms with Crippen LogP contribution in [0.5, 0.6) is 11.5 Å². The molecule has 2 aromatic carbocycles. The zero-order valence-corrected chi connectivity index (χ0v) is 14.6. The van der Waals surface area contributed by atoms with E-state index in [9.17, 15) is 0 Å². The first-order chi connectivity index (χ1) is 11.7. The number of aromatic nitrogens is 1. The predicted molar refractivity (Wildman–Crippen MR) is 99.3 cm³/mol. The first-order valence-electron chi connectivity index (χ1n) is 8.31. The summed E-state index contributed by atoms with van der Waals surface area (Å²) in [6.45, 7) is 2.99. The molecule has 5 nitrogen and oxygen atoms in total. The second-order valence-corrected chi connectivity index (χ2v) is 5.82. The van der Waals surface area contributed by atoms with Gasteiger partial charge < -0.3 is 24.7 Å². The number of hydrogen-bond donors (Lipinski definition) is 2. The van der Waals surface area contributed by atoms with E-state index in [-0.39, 0.29) is 0 Å². The van der Waals surface area contributed by atoms with Gasteiger partial charge in [-0.15, -0.1) is 0 Å². The van der Waals surface area contributed by atoms with E-state index in [1.807, 2.05) is 26.2 Å². The van der Waals surface area contributed by atoms with Crippen LogP contribution < -0.4 is 20.1 Å². The van der Waals surface area contributed by atoms with E-state index < -0.39 is 0 Å². The molecule has 0 atom stereocenters. The Bertz CT molecular complexity index is 759. The number of benzene rings is 2. The Morgan fingerprint density at radius 3 is 1.67 bits per heavy atom. The van der Waals surface area contributed by atoms with Crippen molar-refractivity contribution in [1.29, 1.82) is 0 Å². The second-order valence-electron chi connectivity index (χ2n) is 5.82. The lowest BCUT2D eigenvalue weighted by Crippen LogP contribution is -2.15. The molecule has 0 radical (unpaired) electrons. The van der Waals surface area contributed by atoms with E-state index >= 15 is 0 Å². The minimum Gasteiger partial charge on any atom is -0.492 e. The Morgan fingerprint density at radius 1 is 0.792 bits per heavy atom. The molecule has 0 amide bonds. The summed E-state index contributed by atoms with van der Waals surface area (Å²) < 4.78 is 13.8. The largest absolute Gasteiger partial charge is 0.492 e. The number of likely N-dealkylation sites (N-methyl/N-ethyl adjacent to an activating group) is 2. The van der Waals surface area contributed by atoms with Gasteiger partial charge in [-0.25, -0.2) is 0 Å². The fourth-order valence-corrected chi connectivity index (χ4v) is 2.88. The SMILES string of the molecule is CNCCOc1ccc2c3ccc(OCCNC)cc3n(C)c2c1. The molecule has 0 aliphatic heterocycles. The Morgan fingerprint density at radius 2 is 1.25 bits per heavy atom. The fourth-order valence-electron chi connectivity index (χ4n) is 2.88. The molecule has 0 saturated heterocycles. The van der Waals surface area contributed by atoms with Crippen LogP contribution in [0.4, 0.5) is 0 Å². The van der Waals surface area contributed by atoms with Crippen LogP contribution in [-0.2, 0) is 7.05 Å². The topological polar surface area (TPSA) is 47.4 Å². The molecule has 1 heterocycles. The summed E-state index contributed by atoms with van der Waals surface area (Å²) in [7, 11) is 5.93. The van der Waals surface area contributed by atoms with Gasteiger partial charge in [0.25, 0.3) is 0 Å². The van der Waals surface area contributed by atoms with Gasteiger partial charge in [-0.2, -0.15) is 0 Å². The standard InChI is InChI=1S/C19H25N3O2/c1-20-8-10-23-14-4-6-16-17-7-5-15(24-11-9-21-2)13-19(17)22(3)18(16)12-14/h4-7,12-13,20-21H,8-11H2,1-3H3. The van der Waals surface area contributed by atoms with Gasteiger partial charge in [0.05, 0.1) is 11.0 Å². The molecular formula is C19H25N3O2. The van der Waals surface area contributed by atoms with Crippen molar-refractivity contribution in [3.63, 3.8) is 0 Å². The lowest BCUT2D eigenvalue weighted by molar-refractivity contribution is 0.319. The molecule has 5 heteroatoms. The number of rotatable bonds is 8. The predicted octanol–water partition coefficient (Wildman–Crippen LogP) is 2.53. The quantitative estimate of drug-likeness (QED) is 0.624. The highest BCUT2D eigenvalue weighted by molar-refractivity contribution is 6.08. The average molecular weight is 327 g/mol. The molecule has 0 bridgehead atoms. The minimum absolute atomic E-state index is 0.662. The number of nitrogens with zero attached hydrogens (tertiary/aromatic N) is 1. The summed E-state index contributed by atoms with van der Waals surface area (Å²) in [5.74, 6) is 1.79. The second kappa shape index (κ2) is 7.55. The highest BCUT2D eigenvalue weighted by atomic mass is 16.5. The zero-order chi connectivity index (χ0) is 16.9. The molecule has 0 saturated carbocycles. The van der Waals surface area contributed by atoms with Crippen molar-refractivity contribution in [2.24, 2.45) is 7.05 Å². The van der Waals surface area contributed by atoms with Crippen LogP contribution in [0.2, 0.25) is 0 Å². The van der Waals surface area contributed by atoms with E-state index in [1.54, 1.807) is 0 Å².